The number of nitrogens with zero attached hydrogens (tertiary/aromatic N) is 1. The topological polar surface area (TPSA) is 96.9 Å². The summed E-state index contributed by atoms with van der Waals surface area (Å²) in [5.74, 6) is -1.13. The Hall–Kier alpha value is -4.49. The van der Waals surface area contributed by atoms with Gasteiger partial charge in [-0.2, -0.15) is 5.10 Å². The minimum absolute atomic E-state index is 0.252. The number of rotatable bonds is 7. The summed E-state index contributed by atoms with van der Waals surface area (Å²) in [6.07, 6.45) is 1.41. The van der Waals surface area contributed by atoms with Crippen molar-refractivity contribution in [1.29, 1.82) is 0 Å². The van der Waals surface area contributed by atoms with E-state index in [0.29, 0.717) is 21.7 Å². The highest BCUT2D eigenvalue weighted by atomic mass is 35.5. The first-order valence-corrected chi connectivity index (χ1v) is 11.5. The van der Waals surface area contributed by atoms with Gasteiger partial charge in [0.05, 0.1) is 18.3 Å². The molecule has 0 aliphatic carbocycles. The second-order valence-electron chi connectivity index (χ2n) is 7.89. The number of halogens is 1. The van der Waals surface area contributed by atoms with Gasteiger partial charge in [0, 0.05) is 16.1 Å². The number of nitrogens with one attached hydrogen (secondary N) is 2. The molecule has 0 radical (unpaired) electrons. The van der Waals surface area contributed by atoms with Gasteiger partial charge >= 0.3 is 5.97 Å². The normalized spacial score (nSPS) is 10.8. The molecule has 2 N–H and O–H groups in total. The zero-order valence-electron chi connectivity index (χ0n) is 19.3. The van der Waals surface area contributed by atoms with E-state index in [0.717, 1.165) is 16.3 Å². The van der Waals surface area contributed by atoms with Gasteiger partial charge in [0.15, 0.2) is 0 Å². The number of aryl methyl sites for hydroxylation is 1. The predicted octanol–water partition coefficient (Wildman–Crippen LogP) is 4.90. The number of hydrogen-bond acceptors (Lipinski definition) is 5. The smallest absolute Gasteiger partial charge is 0.343 e. The predicted molar refractivity (Wildman–Crippen MR) is 140 cm³/mol. The molecule has 0 aromatic heterocycles. The zero-order valence-corrected chi connectivity index (χ0v) is 20.1. The van der Waals surface area contributed by atoms with Gasteiger partial charge in [-0.1, -0.05) is 60.1 Å². The van der Waals surface area contributed by atoms with E-state index in [9.17, 15) is 14.4 Å². The maximum Gasteiger partial charge on any atom is 0.343 e. The third-order valence-electron chi connectivity index (χ3n) is 5.40. The monoisotopic (exact) mass is 499 g/mol. The molecule has 0 aliphatic heterocycles. The fraction of sp³-hybridized carbons (Fsp3) is 0.0714. The van der Waals surface area contributed by atoms with Crippen LogP contribution in [0.25, 0.3) is 10.8 Å². The van der Waals surface area contributed by atoms with Gasteiger partial charge in [0.1, 0.15) is 5.75 Å². The molecule has 0 atom stereocenters. The lowest BCUT2D eigenvalue weighted by atomic mass is 10.0. The first-order chi connectivity index (χ1) is 17.4. The third-order valence-corrected chi connectivity index (χ3v) is 5.65. The van der Waals surface area contributed by atoms with Gasteiger partial charge in [-0.3, -0.25) is 9.59 Å². The van der Waals surface area contributed by atoms with Crippen molar-refractivity contribution >= 4 is 46.4 Å². The Morgan fingerprint density at radius 3 is 2.42 bits per heavy atom. The largest absolute Gasteiger partial charge is 0.422 e. The Bertz CT molecular complexity index is 1470. The Morgan fingerprint density at radius 1 is 0.917 bits per heavy atom. The number of hydrogen-bond donors (Lipinski definition) is 2. The van der Waals surface area contributed by atoms with E-state index in [1.807, 2.05) is 49.4 Å². The lowest BCUT2D eigenvalue weighted by Crippen LogP contribution is -2.35. The van der Waals surface area contributed by atoms with Crippen molar-refractivity contribution in [2.45, 2.75) is 6.92 Å². The molecule has 0 saturated heterocycles. The van der Waals surface area contributed by atoms with Crippen LogP contribution in [0.3, 0.4) is 0 Å². The summed E-state index contributed by atoms with van der Waals surface area (Å²) in [5, 5.41) is 8.80. The molecule has 8 heteroatoms. The second-order valence-corrected chi connectivity index (χ2v) is 8.32. The van der Waals surface area contributed by atoms with E-state index in [1.165, 1.54) is 6.21 Å². The van der Waals surface area contributed by atoms with Gasteiger partial charge in [-0.15, -0.1) is 0 Å². The van der Waals surface area contributed by atoms with Crippen molar-refractivity contribution in [3.05, 3.63) is 112 Å². The number of carbonyl (C=O) groups is 3. The summed E-state index contributed by atoms with van der Waals surface area (Å²) < 4.78 is 5.63. The number of carbonyl (C=O) groups excluding carboxylic acids is 3. The quantitative estimate of drug-likeness (QED) is 0.163. The number of fused-ring (bicyclic) bond motifs is 1. The van der Waals surface area contributed by atoms with E-state index in [-0.39, 0.29) is 18.2 Å². The van der Waals surface area contributed by atoms with Gasteiger partial charge in [0.25, 0.3) is 11.8 Å². The van der Waals surface area contributed by atoms with Crippen LogP contribution >= 0.6 is 11.6 Å². The Morgan fingerprint density at radius 2 is 1.64 bits per heavy atom. The van der Waals surface area contributed by atoms with Crippen LogP contribution in [0, 0.1) is 6.92 Å². The van der Waals surface area contributed by atoms with Crippen LogP contribution in [-0.2, 0) is 4.79 Å². The molecule has 180 valence electrons. The molecular formula is C28H22ClN3O4. The Kier molecular flexibility index (Phi) is 7.72. The van der Waals surface area contributed by atoms with E-state index in [2.05, 4.69) is 15.8 Å². The molecule has 4 aromatic rings. The van der Waals surface area contributed by atoms with Crippen molar-refractivity contribution in [2.75, 3.05) is 6.54 Å². The van der Waals surface area contributed by atoms with Crippen LogP contribution in [0.5, 0.6) is 5.75 Å². The first-order valence-electron chi connectivity index (χ1n) is 11.1. The highest BCUT2D eigenvalue weighted by Gasteiger charge is 2.14. The van der Waals surface area contributed by atoms with E-state index >= 15 is 0 Å². The first kappa shape index (κ1) is 24.6. The minimum atomic E-state index is -0.556. The summed E-state index contributed by atoms with van der Waals surface area (Å²) in [4.78, 5) is 37.2. The lowest BCUT2D eigenvalue weighted by molar-refractivity contribution is -0.120. The Balaban J connectivity index is 1.47. The highest BCUT2D eigenvalue weighted by molar-refractivity contribution is 6.30. The maximum atomic E-state index is 12.7. The standard InChI is InChI=1S/C28H22ClN3O4/c1-18-6-2-4-8-22(18)27(34)30-17-26(33)32-31-16-24-23-9-5-3-7-19(23)12-15-25(24)36-28(35)20-10-13-21(29)14-11-20/h2-16H,17H2,1H3,(H,30,34)(H,32,33)/b31-16-. The number of benzene rings is 4. The summed E-state index contributed by atoms with van der Waals surface area (Å²) in [5.41, 5.74) is 4.56. The average Bonchev–Trinajstić information content (AvgIpc) is 2.89. The molecule has 0 unspecified atom stereocenters. The van der Waals surface area contributed by atoms with Crippen LogP contribution in [-0.4, -0.2) is 30.5 Å². The molecule has 2 amide bonds. The van der Waals surface area contributed by atoms with Crippen LogP contribution in [0.15, 0.2) is 90.0 Å². The molecule has 0 saturated carbocycles. The van der Waals surface area contributed by atoms with Crippen molar-refractivity contribution in [1.82, 2.24) is 10.7 Å². The average molecular weight is 500 g/mol. The SMILES string of the molecule is Cc1ccccc1C(=O)NCC(=O)N/N=C\c1c(OC(=O)c2ccc(Cl)cc2)ccc2ccccc12. The zero-order chi connectivity index (χ0) is 25.5. The highest BCUT2D eigenvalue weighted by Crippen LogP contribution is 2.27. The van der Waals surface area contributed by atoms with Crippen LogP contribution in [0.2, 0.25) is 5.02 Å². The van der Waals surface area contributed by atoms with Crippen LogP contribution in [0.4, 0.5) is 0 Å². The minimum Gasteiger partial charge on any atom is -0.422 e. The fourth-order valence-electron chi connectivity index (χ4n) is 3.53. The second kappa shape index (κ2) is 11.3. The molecular weight excluding hydrogens is 478 g/mol. The molecule has 36 heavy (non-hydrogen) atoms. The van der Waals surface area contributed by atoms with Crippen molar-refractivity contribution < 1.29 is 19.1 Å². The van der Waals surface area contributed by atoms with E-state index < -0.39 is 11.9 Å². The summed E-state index contributed by atoms with van der Waals surface area (Å²) >= 11 is 5.90. The van der Waals surface area contributed by atoms with Crippen LogP contribution in [0.1, 0.15) is 31.8 Å². The van der Waals surface area contributed by atoms with Crippen molar-refractivity contribution in [3.63, 3.8) is 0 Å². The lowest BCUT2D eigenvalue weighted by Gasteiger charge is -2.11. The fourth-order valence-corrected chi connectivity index (χ4v) is 3.66. The van der Waals surface area contributed by atoms with E-state index in [1.54, 1.807) is 42.5 Å². The summed E-state index contributed by atoms with van der Waals surface area (Å²) in [6.45, 7) is 1.57. The van der Waals surface area contributed by atoms with Gasteiger partial charge in [-0.05, 0) is 59.7 Å². The Labute approximate surface area is 212 Å². The third kappa shape index (κ3) is 5.95. The molecule has 4 aromatic carbocycles. The molecule has 7 nitrogen and oxygen atoms in total. The van der Waals surface area contributed by atoms with Crippen molar-refractivity contribution in [2.24, 2.45) is 5.10 Å². The van der Waals surface area contributed by atoms with Gasteiger partial charge in [0.2, 0.25) is 0 Å². The summed E-state index contributed by atoms with van der Waals surface area (Å²) in [6, 6.07) is 24.5. The molecule has 0 bridgehead atoms. The summed E-state index contributed by atoms with van der Waals surface area (Å²) in [7, 11) is 0. The number of esters is 1. The molecule has 0 heterocycles. The maximum absolute atomic E-state index is 12.7. The van der Waals surface area contributed by atoms with E-state index in [4.69, 9.17) is 16.3 Å². The number of amides is 2. The molecule has 0 spiro atoms. The molecule has 4 rings (SSSR count). The molecule has 0 fully saturated rings. The van der Waals surface area contributed by atoms with Gasteiger partial charge in [-0.25, -0.2) is 10.2 Å². The number of hydrazone groups is 1. The molecule has 0 aliphatic rings. The van der Waals surface area contributed by atoms with Crippen LogP contribution < -0.4 is 15.5 Å². The number of ether oxygens (including phenoxy) is 1. The van der Waals surface area contributed by atoms with Crippen molar-refractivity contribution in [3.8, 4) is 5.75 Å². The van der Waals surface area contributed by atoms with Gasteiger partial charge < -0.3 is 10.1 Å².